The van der Waals surface area contributed by atoms with Crippen molar-refractivity contribution in [1.82, 2.24) is 15.0 Å². The molecule has 0 bridgehead atoms. The molecule has 0 aromatic carbocycles. The van der Waals surface area contributed by atoms with Crippen LogP contribution >= 0.6 is 0 Å². The van der Waals surface area contributed by atoms with Crippen LogP contribution in [0.3, 0.4) is 0 Å². The van der Waals surface area contributed by atoms with E-state index in [-0.39, 0.29) is 35.2 Å². The first kappa shape index (κ1) is 26.4. The molecule has 0 saturated carbocycles. The lowest BCUT2D eigenvalue weighted by molar-refractivity contribution is -0.115. The van der Waals surface area contributed by atoms with Gasteiger partial charge < -0.3 is 10.6 Å². The maximum atomic E-state index is 12.9. The number of primary sulfonamides is 1. The zero-order valence-corrected chi connectivity index (χ0v) is 20.5. The number of aromatic nitrogens is 3. The minimum Gasteiger partial charge on any atom is -0.359 e. The van der Waals surface area contributed by atoms with E-state index in [0.29, 0.717) is 11.2 Å². The van der Waals surface area contributed by atoms with Gasteiger partial charge in [-0.3, -0.25) is 0 Å². The Labute approximate surface area is 202 Å². The summed E-state index contributed by atoms with van der Waals surface area (Å²) in [6, 6.07) is 2.92. The first-order valence-electron chi connectivity index (χ1n) is 10.8. The Kier molecular flexibility index (Phi) is 7.42. The molecule has 2 atom stereocenters. The Hall–Kier alpha value is -3.17. The predicted molar refractivity (Wildman–Crippen MR) is 130 cm³/mol. The Morgan fingerprint density at radius 3 is 2.49 bits per heavy atom. The van der Waals surface area contributed by atoms with Gasteiger partial charge in [0.2, 0.25) is 16.0 Å². The summed E-state index contributed by atoms with van der Waals surface area (Å²) in [5.74, 6) is 5.98. The van der Waals surface area contributed by atoms with Crippen molar-refractivity contribution in [2.45, 2.75) is 51.6 Å². The molecule has 0 aliphatic heterocycles. The molecule has 1 aliphatic carbocycles. The van der Waals surface area contributed by atoms with Crippen molar-refractivity contribution in [3.05, 3.63) is 41.6 Å². The number of sulfonamides is 1. The number of anilines is 2. The summed E-state index contributed by atoms with van der Waals surface area (Å²) in [5, 5.41) is 9.75. The third kappa shape index (κ3) is 7.66. The first-order chi connectivity index (χ1) is 16.1. The number of fused-ring (bicyclic) bond motifs is 1. The smallest absolute Gasteiger partial charge is 0.359 e. The number of rotatable bonds is 6. The van der Waals surface area contributed by atoms with Gasteiger partial charge in [0.1, 0.15) is 17.8 Å². The quantitative estimate of drug-likeness (QED) is 0.508. The number of halogens is 3. The zero-order chi connectivity index (χ0) is 26.0. The van der Waals surface area contributed by atoms with Crippen molar-refractivity contribution in [2.24, 2.45) is 10.6 Å². The van der Waals surface area contributed by atoms with Gasteiger partial charge in [0.05, 0.1) is 16.8 Å². The second-order valence-corrected chi connectivity index (χ2v) is 11.0. The summed E-state index contributed by atoms with van der Waals surface area (Å²) < 4.78 is 61.8. The maximum Gasteiger partial charge on any atom is 0.405 e. The van der Waals surface area contributed by atoms with E-state index >= 15 is 0 Å². The van der Waals surface area contributed by atoms with Crippen LogP contribution in [0.2, 0.25) is 0 Å². The van der Waals surface area contributed by atoms with Crippen LogP contribution < -0.4 is 15.8 Å². The molecular weight excluding hydrogens is 481 g/mol. The van der Waals surface area contributed by atoms with Gasteiger partial charge in [-0.2, -0.15) is 18.2 Å². The number of nitrogens with two attached hydrogens (primary N) is 1. The van der Waals surface area contributed by atoms with Crippen LogP contribution in [0.15, 0.2) is 35.9 Å². The standard InChI is InChI=1S/C23H27F3N6O2S/c1-14(15-5-8-17(9-6-15)35(27,33)34)29-21-31-18-10-7-16(11-12-22(2,3)4)30-19(18)20(32-21)28-13-23(24,25)26/h5-8,10,14,17H,9,13H2,1-4H3,(H2,27,33,34)(H2,28,29,31,32)/t14-,17?/m1/s1. The molecule has 4 N–H and O–H groups in total. The van der Waals surface area contributed by atoms with Gasteiger partial charge in [-0.25, -0.2) is 23.5 Å². The molecule has 2 heterocycles. The fourth-order valence-corrected chi connectivity index (χ4v) is 3.83. The number of allylic oxidation sites excluding steroid dienone is 1. The van der Waals surface area contributed by atoms with Gasteiger partial charge in [0.25, 0.3) is 0 Å². The van der Waals surface area contributed by atoms with E-state index in [0.717, 1.165) is 5.57 Å². The molecule has 35 heavy (non-hydrogen) atoms. The monoisotopic (exact) mass is 508 g/mol. The van der Waals surface area contributed by atoms with Crippen LogP contribution in [0.25, 0.3) is 11.0 Å². The number of alkyl halides is 3. The Bertz CT molecular complexity index is 1340. The summed E-state index contributed by atoms with van der Waals surface area (Å²) in [4.78, 5) is 13.0. The Morgan fingerprint density at radius 1 is 1.20 bits per heavy atom. The van der Waals surface area contributed by atoms with Crippen LogP contribution in [0.1, 0.15) is 39.8 Å². The molecule has 8 nitrogen and oxygen atoms in total. The van der Waals surface area contributed by atoms with Crippen LogP contribution in [0, 0.1) is 17.3 Å². The third-order valence-electron chi connectivity index (χ3n) is 4.92. The lowest BCUT2D eigenvalue weighted by Crippen LogP contribution is -2.29. The number of nitrogens with zero attached hydrogens (tertiary/aromatic N) is 3. The highest BCUT2D eigenvalue weighted by molar-refractivity contribution is 7.89. The summed E-state index contributed by atoms with van der Waals surface area (Å²) in [7, 11) is -3.69. The Balaban J connectivity index is 1.92. The largest absolute Gasteiger partial charge is 0.405 e. The minimum absolute atomic E-state index is 0.0797. The van der Waals surface area contributed by atoms with Gasteiger partial charge in [-0.15, -0.1) is 0 Å². The summed E-state index contributed by atoms with van der Waals surface area (Å²) in [6.07, 6.45) is 0.639. The molecule has 12 heteroatoms. The van der Waals surface area contributed by atoms with E-state index in [1.54, 1.807) is 31.2 Å². The maximum absolute atomic E-state index is 12.9. The van der Waals surface area contributed by atoms with Gasteiger partial charge in [0.15, 0.2) is 5.82 Å². The second kappa shape index (κ2) is 9.83. The van der Waals surface area contributed by atoms with Crippen molar-refractivity contribution >= 4 is 32.8 Å². The number of hydrogen-bond acceptors (Lipinski definition) is 7. The van der Waals surface area contributed by atoms with E-state index in [2.05, 4.69) is 37.4 Å². The molecular formula is C23H27F3N6O2S. The van der Waals surface area contributed by atoms with Crippen LogP contribution in [0.4, 0.5) is 24.9 Å². The molecule has 1 aliphatic rings. The molecule has 0 fully saturated rings. The highest BCUT2D eigenvalue weighted by atomic mass is 32.2. The molecule has 0 amide bonds. The average molecular weight is 509 g/mol. The highest BCUT2D eigenvalue weighted by Gasteiger charge is 2.28. The van der Waals surface area contributed by atoms with E-state index < -0.39 is 28.0 Å². The summed E-state index contributed by atoms with van der Waals surface area (Å²) in [6.45, 7) is 6.31. The van der Waals surface area contributed by atoms with Crippen molar-refractivity contribution in [1.29, 1.82) is 0 Å². The van der Waals surface area contributed by atoms with E-state index in [1.165, 1.54) is 6.08 Å². The van der Waals surface area contributed by atoms with Gasteiger partial charge in [-0.1, -0.05) is 24.1 Å². The summed E-state index contributed by atoms with van der Waals surface area (Å²) in [5.41, 5.74) is 1.39. The average Bonchev–Trinajstić information content (AvgIpc) is 2.74. The van der Waals surface area contributed by atoms with E-state index in [4.69, 9.17) is 5.14 Å². The van der Waals surface area contributed by atoms with Crippen molar-refractivity contribution < 1.29 is 21.6 Å². The molecule has 2 aromatic heterocycles. The van der Waals surface area contributed by atoms with E-state index in [1.807, 2.05) is 20.8 Å². The topological polar surface area (TPSA) is 123 Å². The molecule has 0 saturated heterocycles. The zero-order valence-electron chi connectivity index (χ0n) is 19.7. The predicted octanol–water partition coefficient (Wildman–Crippen LogP) is 3.74. The summed E-state index contributed by atoms with van der Waals surface area (Å²) >= 11 is 0. The molecule has 0 spiro atoms. The van der Waals surface area contributed by atoms with Gasteiger partial charge >= 0.3 is 6.18 Å². The molecule has 0 radical (unpaired) electrons. The molecule has 3 rings (SSSR count). The molecule has 188 valence electrons. The van der Waals surface area contributed by atoms with Crippen LogP contribution in [-0.4, -0.2) is 47.4 Å². The number of pyridine rings is 1. The van der Waals surface area contributed by atoms with Crippen molar-refractivity contribution in [3.63, 3.8) is 0 Å². The van der Waals surface area contributed by atoms with Crippen LogP contribution in [-0.2, 0) is 10.0 Å². The fourth-order valence-electron chi connectivity index (χ4n) is 3.17. The van der Waals surface area contributed by atoms with E-state index in [9.17, 15) is 21.6 Å². The second-order valence-electron chi connectivity index (χ2n) is 9.22. The van der Waals surface area contributed by atoms with Crippen molar-refractivity contribution in [2.75, 3.05) is 17.2 Å². The SMILES string of the molecule is C[C@@H](Nc1nc(NCC(F)(F)F)c2nc(C#CC(C)(C)C)ccc2n1)C1=CCC(S(N)(=O)=O)C=C1. The van der Waals surface area contributed by atoms with Crippen molar-refractivity contribution in [3.8, 4) is 11.8 Å². The third-order valence-corrected chi connectivity index (χ3v) is 6.11. The first-order valence-corrected chi connectivity index (χ1v) is 12.4. The fraction of sp³-hybridized carbons (Fsp3) is 0.435. The molecule has 2 aromatic rings. The Morgan fingerprint density at radius 2 is 1.91 bits per heavy atom. The lowest BCUT2D eigenvalue weighted by Gasteiger charge is -2.20. The highest BCUT2D eigenvalue weighted by Crippen LogP contribution is 2.25. The lowest BCUT2D eigenvalue weighted by atomic mass is 9.98. The normalized spacial score (nSPS) is 17.4. The van der Waals surface area contributed by atoms with Crippen LogP contribution in [0.5, 0.6) is 0 Å². The molecule has 1 unspecified atom stereocenters. The number of nitrogens with one attached hydrogen (secondary N) is 2. The van der Waals surface area contributed by atoms with Gasteiger partial charge in [0, 0.05) is 5.41 Å². The van der Waals surface area contributed by atoms with Gasteiger partial charge in [-0.05, 0) is 57.7 Å². The number of hydrogen-bond donors (Lipinski definition) is 3. The minimum atomic E-state index is -4.46.